The van der Waals surface area contributed by atoms with Crippen LogP contribution in [0, 0.1) is 27.7 Å². The highest BCUT2D eigenvalue weighted by Crippen LogP contribution is 2.31. The van der Waals surface area contributed by atoms with Crippen LogP contribution in [0.1, 0.15) is 134 Å². The van der Waals surface area contributed by atoms with Crippen molar-refractivity contribution in [3.8, 4) is 89.5 Å². The van der Waals surface area contributed by atoms with Gasteiger partial charge in [-0.15, -0.1) is 0 Å². The monoisotopic (exact) mass is 1220 g/mol. The van der Waals surface area contributed by atoms with Crippen molar-refractivity contribution in [3.05, 3.63) is 312 Å². The molecular formula is C88H96N4+4. The quantitative estimate of drug-likeness (QED) is 0.108. The van der Waals surface area contributed by atoms with Crippen molar-refractivity contribution in [1.29, 1.82) is 0 Å². The number of aryl methyl sites for hydroxylation is 8. The largest absolute Gasteiger partial charge is 0.212 e. The van der Waals surface area contributed by atoms with Gasteiger partial charge in [-0.1, -0.05) is 225 Å². The lowest BCUT2D eigenvalue weighted by Gasteiger charge is -2.09. The predicted molar refractivity (Wildman–Crippen MR) is 389 cm³/mol. The number of hydrogen-bond acceptors (Lipinski definition) is 0. The van der Waals surface area contributed by atoms with Gasteiger partial charge < -0.3 is 0 Å². The van der Waals surface area contributed by atoms with Crippen LogP contribution < -0.4 is 18.3 Å². The highest BCUT2D eigenvalue weighted by Gasteiger charge is 2.19. The van der Waals surface area contributed by atoms with Crippen molar-refractivity contribution in [2.24, 2.45) is 28.2 Å². The van der Waals surface area contributed by atoms with E-state index < -0.39 is 25.5 Å². The standard InChI is InChI=1S/4C22H24N/c2*1-16(2)18-9-7-10-19(14-18)20-12-13-22(23(4)15-20)21-11-6-5-8-17(21)3;2*1-16(2)18-9-11-19(12-10-18)20-13-14-22(23(4)15-20)21-8-6-5-7-17(21)3/h4*5-16H,1-4H3/q4*+1/i1D3,16D;;1D3,16D;. The van der Waals surface area contributed by atoms with Gasteiger partial charge in [0.1, 0.15) is 28.2 Å². The summed E-state index contributed by atoms with van der Waals surface area (Å²) in [5.74, 6) is -2.14. The molecule has 92 heavy (non-hydrogen) atoms. The fraction of sp³-hybridized carbons (Fsp3) is 0.227. The number of rotatable bonds is 12. The minimum atomic E-state index is -2.38. The van der Waals surface area contributed by atoms with E-state index in [2.05, 4.69) is 270 Å². The summed E-state index contributed by atoms with van der Waals surface area (Å²) in [6, 6.07) is 83.1. The summed E-state index contributed by atoms with van der Waals surface area (Å²) in [5.41, 5.74) is 27.5. The number of pyridine rings is 4. The molecule has 0 aliphatic carbocycles. The molecule has 0 spiro atoms. The molecular weight excluding hydrogens is 1110 g/mol. The van der Waals surface area contributed by atoms with Gasteiger partial charge in [0.05, 0.1) is 0 Å². The molecule has 0 N–H and O–H groups in total. The first-order valence-corrected chi connectivity index (χ1v) is 32.0. The Morgan fingerprint density at radius 1 is 0.261 bits per heavy atom. The Bertz CT molecular complexity index is 4790. The Morgan fingerprint density at radius 2 is 0.533 bits per heavy atom. The zero-order valence-electron chi connectivity index (χ0n) is 64.3. The first-order chi connectivity index (χ1) is 47.3. The van der Waals surface area contributed by atoms with E-state index in [1.165, 1.54) is 103 Å². The maximum absolute atomic E-state index is 8.32. The van der Waals surface area contributed by atoms with Crippen LogP contribution in [0.25, 0.3) is 89.5 Å². The van der Waals surface area contributed by atoms with Gasteiger partial charge in [-0.2, -0.15) is 0 Å². The van der Waals surface area contributed by atoms with Gasteiger partial charge in [-0.05, 0) is 167 Å². The van der Waals surface area contributed by atoms with E-state index >= 15 is 0 Å². The zero-order valence-corrected chi connectivity index (χ0v) is 56.3. The summed E-state index contributed by atoms with van der Waals surface area (Å²) in [5, 5.41) is 0. The lowest BCUT2D eigenvalue weighted by atomic mass is 9.97. The molecule has 0 aliphatic rings. The molecule has 2 atom stereocenters. The summed E-state index contributed by atoms with van der Waals surface area (Å²) in [7, 11) is 8.27. The molecule has 0 bridgehead atoms. The third-order valence-electron chi connectivity index (χ3n) is 17.3. The highest BCUT2D eigenvalue weighted by molar-refractivity contribution is 5.71. The fourth-order valence-electron chi connectivity index (χ4n) is 11.7. The first kappa shape index (κ1) is 56.4. The second kappa shape index (κ2) is 30.9. The van der Waals surface area contributed by atoms with Gasteiger partial charge in [0.25, 0.3) is 0 Å². The molecule has 0 radical (unpaired) electrons. The molecule has 12 aromatic rings. The molecule has 4 heteroatoms. The third kappa shape index (κ3) is 16.6. The average molecular weight is 1220 g/mol. The molecule has 4 heterocycles. The van der Waals surface area contributed by atoms with E-state index in [1.54, 1.807) is 18.2 Å². The van der Waals surface area contributed by atoms with Gasteiger partial charge in [-0.25, -0.2) is 18.3 Å². The maximum Gasteiger partial charge on any atom is 0.212 e. The number of aromatic nitrogens is 4. The minimum absolute atomic E-state index is 0.491. The Balaban J connectivity index is 0.000000156. The third-order valence-corrected chi connectivity index (χ3v) is 17.3. The SMILES string of the molecule is Cc1ccccc1-c1ccc(-c2ccc(C(C)C)cc2)c[n+]1C.Cc1ccccc1-c1ccc(-c2cccc(C(C)C)c2)c[n+]1C.[2H]C([2H])([2H])C([2H])(C)c1ccc(-c2ccc(-c3ccccc3C)[n+](C)c2)cc1.[2H]C([2H])([2H])C([2H])(C)c1cccc(-c2ccc(-c3ccccc3C)[n+](C)c2)c1. The smallest absolute Gasteiger partial charge is 0.200 e. The van der Waals surface area contributed by atoms with Crippen LogP contribution in [0.15, 0.2) is 267 Å². The topological polar surface area (TPSA) is 15.5 Å². The normalized spacial score (nSPS) is 13.8. The van der Waals surface area contributed by atoms with Crippen molar-refractivity contribution in [1.82, 2.24) is 0 Å². The van der Waals surface area contributed by atoms with Crippen LogP contribution >= 0.6 is 0 Å². The highest BCUT2D eigenvalue weighted by atomic mass is 14.9. The van der Waals surface area contributed by atoms with Crippen LogP contribution in [-0.4, -0.2) is 0 Å². The molecule has 0 saturated carbocycles. The van der Waals surface area contributed by atoms with E-state index in [4.69, 9.17) is 11.0 Å². The summed E-state index contributed by atoms with van der Waals surface area (Å²) >= 11 is 0. The van der Waals surface area contributed by atoms with Gasteiger partial charge >= 0.3 is 0 Å². The van der Waals surface area contributed by atoms with Crippen molar-refractivity contribution in [2.45, 2.75) is 107 Å². The van der Waals surface area contributed by atoms with Crippen LogP contribution in [0.2, 0.25) is 0 Å². The van der Waals surface area contributed by atoms with Crippen molar-refractivity contribution < 1.29 is 29.2 Å². The molecule has 2 unspecified atom stereocenters. The Hall–Kier alpha value is -9.64. The summed E-state index contributed by atoms with van der Waals surface area (Å²) in [6.45, 7) is 15.6. The first-order valence-electron chi connectivity index (χ1n) is 36.0. The predicted octanol–water partition coefficient (Wildman–Crippen LogP) is 21.1. The van der Waals surface area contributed by atoms with E-state index in [9.17, 15) is 0 Å². The van der Waals surface area contributed by atoms with Gasteiger partial charge in [0.2, 0.25) is 22.8 Å². The lowest BCUT2D eigenvalue weighted by Crippen LogP contribution is -2.30. The maximum atomic E-state index is 8.32. The molecule has 12 rings (SSSR count). The molecule has 0 fully saturated rings. The van der Waals surface area contributed by atoms with Gasteiger partial charge in [0.15, 0.2) is 24.8 Å². The molecule has 464 valence electrons. The van der Waals surface area contributed by atoms with E-state index in [0.29, 0.717) is 23.0 Å². The average Bonchev–Trinajstić information content (AvgIpc) is 1.22. The Labute approximate surface area is 562 Å². The summed E-state index contributed by atoms with van der Waals surface area (Å²) in [6.07, 6.45) is 8.55. The van der Waals surface area contributed by atoms with Crippen LogP contribution in [0.3, 0.4) is 0 Å². The Morgan fingerprint density at radius 3 is 0.837 bits per heavy atom. The van der Waals surface area contributed by atoms with E-state index in [1.807, 2.05) is 81.0 Å². The number of hydrogen-bond donors (Lipinski definition) is 0. The minimum Gasteiger partial charge on any atom is -0.200 e. The second-order valence-electron chi connectivity index (χ2n) is 24.9. The van der Waals surface area contributed by atoms with Gasteiger partial charge in [-0.3, -0.25) is 0 Å². The molecule has 8 aromatic carbocycles. The van der Waals surface area contributed by atoms with E-state index in [0.717, 1.165) is 33.6 Å². The van der Waals surface area contributed by atoms with Crippen LogP contribution in [0.5, 0.6) is 0 Å². The summed E-state index contributed by atoms with van der Waals surface area (Å²) < 4.78 is 70.9. The molecule has 4 aromatic heterocycles. The number of nitrogens with zero attached hydrogens (tertiary/aromatic N) is 4. The van der Waals surface area contributed by atoms with Crippen molar-refractivity contribution in [2.75, 3.05) is 0 Å². The fourth-order valence-corrected chi connectivity index (χ4v) is 11.7. The Kier molecular flexibility index (Phi) is 18.9. The van der Waals surface area contributed by atoms with Gasteiger partial charge in [0, 0.05) is 79.7 Å². The molecule has 0 aliphatic heterocycles. The second-order valence-corrected chi connectivity index (χ2v) is 24.9. The van der Waals surface area contributed by atoms with Crippen LogP contribution in [0.4, 0.5) is 0 Å². The zero-order chi connectivity index (χ0) is 72.4. The molecule has 4 nitrogen and oxygen atoms in total. The van der Waals surface area contributed by atoms with Crippen LogP contribution in [-0.2, 0) is 28.2 Å². The summed E-state index contributed by atoms with van der Waals surface area (Å²) in [4.78, 5) is 0. The van der Waals surface area contributed by atoms with Crippen molar-refractivity contribution >= 4 is 0 Å². The molecule has 0 saturated heterocycles. The molecule has 0 amide bonds. The van der Waals surface area contributed by atoms with Crippen molar-refractivity contribution in [3.63, 3.8) is 0 Å². The number of benzene rings is 8. The lowest BCUT2D eigenvalue weighted by molar-refractivity contribution is -0.660. The van der Waals surface area contributed by atoms with E-state index in [-0.39, 0.29) is 0 Å².